The Hall–Kier alpha value is -2.16. The van der Waals surface area contributed by atoms with Crippen LogP contribution in [0.4, 0.5) is 8.78 Å². The maximum Gasteiger partial charge on any atom is 0.191 e. The second-order valence-corrected chi connectivity index (χ2v) is 9.11. The van der Waals surface area contributed by atoms with Gasteiger partial charge in [-0.2, -0.15) is 0 Å². The van der Waals surface area contributed by atoms with Gasteiger partial charge >= 0.3 is 0 Å². The summed E-state index contributed by atoms with van der Waals surface area (Å²) in [6.07, 6.45) is 11.3. The monoisotopic (exact) mass is 426 g/mol. The summed E-state index contributed by atoms with van der Waals surface area (Å²) in [5.74, 6) is 0.351. The first-order chi connectivity index (χ1) is 14.9. The highest BCUT2D eigenvalue weighted by molar-refractivity contribution is 5.65. The van der Waals surface area contributed by atoms with E-state index >= 15 is 0 Å². The Morgan fingerprint density at radius 2 is 1.52 bits per heavy atom. The van der Waals surface area contributed by atoms with Gasteiger partial charge in [0, 0.05) is 0 Å². The van der Waals surface area contributed by atoms with E-state index in [0.717, 1.165) is 5.56 Å². The van der Waals surface area contributed by atoms with Crippen molar-refractivity contribution in [3.05, 3.63) is 65.7 Å². The largest absolute Gasteiger partial charge is 0.485 e. The Kier molecular flexibility index (Phi) is 8.28. The van der Waals surface area contributed by atoms with Gasteiger partial charge in [0.15, 0.2) is 17.4 Å². The highest BCUT2D eigenvalue weighted by Gasteiger charge is 2.21. The zero-order chi connectivity index (χ0) is 22.4. The first kappa shape index (κ1) is 23.5. The lowest BCUT2D eigenvalue weighted by Crippen LogP contribution is -2.12. The summed E-state index contributed by atoms with van der Waals surface area (Å²) in [4.78, 5) is 0. The third kappa shape index (κ3) is 6.18. The van der Waals surface area contributed by atoms with Gasteiger partial charge in [0.05, 0.1) is 6.10 Å². The normalized spacial score (nSPS) is 21.2. The molecule has 0 N–H and O–H groups in total. The van der Waals surface area contributed by atoms with Crippen LogP contribution in [0.3, 0.4) is 0 Å². The van der Waals surface area contributed by atoms with Crippen LogP contribution in [-0.4, -0.2) is 6.10 Å². The van der Waals surface area contributed by atoms with Crippen molar-refractivity contribution >= 4 is 0 Å². The number of allylic oxidation sites excluding steroid dienone is 2. The second kappa shape index (κ2) is 10.9. The fraction of sp³-hybridized carbons (Fsp3) is 0.500. The molecule has 0 aromatic heterocycles. The predicted octanol–water partition coefficient (Wildman–Crippen LogP) is 8.69. The first-order valence-corrected chi connectivity index (χ1v) is 11.9. The lowest BCUT2D eigenvalue weighted by molar-refractivity contribution is 0.198. The van der Waals surface area contributed by atoms with Gasteiger partial charge in [-0.15, -0.1) is 0 Å². The van der Waals surface area contributed by atoms with Crippen LogP contribution < -0.4 is 4.74 Å². The molecule has 1 aliphatic rings. The van der Waals surface area contributed by atoms with Crippen molar-refractivity contribution in [2.24, 2.45) is 11.8 Å². The van der Waals surface area contributed by atoms with Crippen LogP contribution >= 0.6 is 0 Å². The van der Waals surface area contributed by atoms with E-state index in [2.05, 4.69) is 38.1 Å². The van der Waals surface area contributed by atoms with E-state index in [1.54, 1.807) is 6.92 Å². The van der Waals surface area contributed by atoms with Crippen LogP contribution in [0.1, 0.15) is 77.7 Å². The summed E-state index contributed by atoms with van der Waals surface area (Å²) < 4.78 is 34.3. The van der Waals surface area contributed by atoms with Gasteiger partial charge in [-0.3, -0.25) is 0 Å². The van der Waals surface area contributed by atoms with E-state index in [0.29, 0.717) is 29.7 Å². The third-order valence-electron chi connectivity index (χ3n) is 6.74. The molecule has 2 unspecified atom stereocenters. The van der Waals surface area contributed by atoms with E-state index in [9.17, 15) is 8.78 Å². The average molecular weight is 427 g/mol. The minimum Gasteiger partial charge on any atom is -0.485 e. The van der Waals surface area contributed by atoms with Crippen LogP contribution in [-0.2, 0) is 0 Å². The Balaban J connectivity index is 1.65. The number of hydrogen-bond acceptors (Lipinski definition) is 1. The highest BCUT2D eigenvalue weighted by atomic mass is 19.1. The predicted molar refractivity (Wildman–Crippen MR) is 125 cm³/mol. The summed E-state index contributed by atoms with van der Waals surface area (Å²) in [6, 6.07) is 10.9. The Morgan fingerprint density at radius 3 is 2.06 bits per heavy atom. The molecule has 0 amide bonds. The second-order valence-electron chi connectivity index (χ2n) is 9.11. The van der Waals surface area contributed by atoms with E-state index in [4.69, 9.17) is 4.74 Å². The molecular weight excluding hydrogens is 390 g/mol. The first-order valence-electron chi connectivity index (χ1n) is 11.9. The molecule has 1 fully saturated rings. The van der Waals surface area contributed by atoms with Crippen molar-refractivity contribution < 1.29 is 13.5 Å². The fourth-order valence-electron chi connectivity index (χ4n) is 4.20. The fourth-order valence-corrected chi connectivity index (χ4v) is 4.20. The minimum absolute atomic E-state index is 0.227. The zero-order valence-corrected chi connectivity index (χ0v) is 19.3. The topological polar surface area (TPSA) is 9.23 Å². The van der Waals surface area contributed by atoms with Crippen LogP contribution in [0.15, 0.2) is 48.6 Å². The smallest absolute Gasteiger partial charge is 0.191 e. The van der Waals surface area contributed by atoms with Crippen molar-refractivity contribution in [3.63, 3.8) is 0 Å². The molecule has 3 heteroatoms. The van der Waals surface area contributed by atoms with Gasteiger partial charge in [-0.25, -0.2) is 8.78 Å². The maximum absolute atomic E-state index is 14.5. The maximum atomic E-state index is 14.5. The molecule has 2 atom stereocenters. The van der Waals surface area contributed by atoms with Gasteiger partial charge in [0.25, 0.3) is 0 Å². The SMILES string of the molecule is CCC(C)/C=C/C1CCC(c2ccc(-c3cc(F)c(OC(C)CC)c(F)c3)cc2)CC1. The highest BCUT2D eigenvalue weighted by Crippen LogP contribution is 2.37. The lowest BCUT2D eigenvalue weighted by atomic mass is 9.78. The van der Waals surface area contributed by atoms with Crippen LogP contribution in [0, 0.1) is 23.5 Å². The van der Waals surface area contributed by atoms with Gasteiger partial charge in [-0.1, -0.05) is 63.6 Å². The number of benzene rings is 2. The molecule has 0 radical (unpaired) electrons. The molecule has 31 heavy (non-hydrogen) atoms. The Labute approximate surface area is 186 Å². The molecule has 0 spiro atoms. The number of ether oxygens (including phenoxy) is 1. The molecule has 0 bridgehead atoms. The summed E-state index contributed by atoms with van der Waals surface area (Å²) in [7, 11) is 0. The Bertz CT molecular complexity index is 840. The molecular formula is C28H36F2O. The van der Waals surface area contributed by atoms with Crippen LogP contribution in [0.25, 0.3) is 11.1 Å². The van der Waals surface area contributed by atoms with Gasteiger partial charge < -0.3 is 4.74 Å². The molecule has 1 nitrogen and oxygen atoms in total. The van der Waals surface area contributed by atoms with Crippen molar-refractivity contribution in [2.45, 2.75) is 78.2 Å². The average Bonchev–Trinajstić information content (AvgIpc) is 2.80. The molecule has 0 heterocycles. The van der Waals surface area contributed by atoms with E-state index in [1.807, 2.05) is 19.1 Å². The standard InChI is InChI=1S/C28H36F2O/c1-5-19(3)7-8-21-9-11-22(12-10-21)23-13-15-24(16-14-23)25-17-26(29)28(27(30)18-25)31-20(4)6-2/h7-8,13-22H,5-6,9-12H2,1-4H3/b8-7+. The third-order valence-corrected chi connectivity index (χ3v) is 6.74. The van der Waals surface area contributed by atoms with Gasteiger partial charge in [-0.05, 0) is 85.6 Å². The summed E-state index contributed by atoms with van der Waals surface area (Å²) >= 11 is 0. The Morgan fingerprint density at radius 1 is 0.903 bits per heavy atom. The van der Waals surface area contributed by atoms with E-state index in [-0.39, 0.29) is 11.9 Å². The van der Waals surface area contributed by atoms with E-state index < -0.39 is 11.6 Å². The van der Waals surface area contributed by atoms with Crippen molar-refractivity contribution in [1.29, 1.82) is 0 Å². The summed E-state index contributed by atoms with van der Waals surface area (Å²) in [5, 5.41) is 0. The van der Waals surface area contributed by atoms with Crippen molar-refractivity contribution in [1.82, 2.24) is 0 Å². The molecule has 1 saturated carbocycles. The minimum atomic E-state index is -0.650. The molecule has 168 valence electrons. The van der Waals surface area contributed by atoms with Crippen LogP contribution in [0.5, 0.6) is 5.75 Å². The number of hydrogen-bond donors (Lipinski definition) is 0. The van der Waals surface area contributed by atoms with Crippen LogP contribution in [0.2, 0.25) is 0 Å². The molecule has 3 rings (SSSR count). The van der Waals surface area contributed by atoms with Gasteiger partial charge in [0.1, 0.15) is 0 Å². The zero-order valence-electron chi connectivity index (χ0n) is 19.3. The summed E-state index contributed by atoms with van der Waals surface area (Å²) in [6.45, 7) is 8.23. The quantitative estimate of drug-likeness (QED) is 0.384. The molecule has 0 saturated heterocycles. The molecule has 2 aromatic carbocycles. The summed E-state index contributed by atoms with van der Waals surface area (Å²) in [5.41, 5.74) is 2.68. The number of rotatable bonds is 8. The van der Waals surface area contributed by atoms with E-state index in [1.165, 1.54) is 49.8 Å². The molecule has 2 aromatic rings. The number of halogens is 2. The lowest BCUT2D eigenvalue weighted by Gasteiger charge is -2.27. The van der Waals surface area contributed by atoms with Crippen molar-refractivity contribution in [3.8, 4) is 16.9 Å². The molecule has 0 aliphatic heterocycles. The van der Waals surface area contributed by atoms with Gasteiger partial charge in [0.2, 0.25) is 0 Å². The molecule has 1 aliphatic carbocycles. The van der Waals surface area contributed by atoms with Crippen molar-refractivity contribution in [2.75, 3.05) is 0 Å².